The number of benzene rings is 2. The Morgan fingerprint density at radius 1 is 1.21 bits per heavy atom. The van der Waals surface area contributed by atoms with Gasteiger partial charge in [-0.15, -0.1) is 11.8 Å². The maximum absolute atomic E-state index is 11.1. The van der Waals surface area contributed by atoms with E-state index < -0.39 is 5.91 Å². The fourth-order valence-electron chi connectivity index (χ4n) is 1.63. The minimum absolute atomic E-state index is 0.419. The Kier molecular flexibility index (Phi) is 4.35. The van der Waals surface area contributed by atoms with Gasteiger partial charge in [0.05, 0.1) is 0 Å². The van der Waals surface area contributed by atoms with Gasteiger partial charge in [0, 0.05) is 26.9 Å². The second-order valence-electron chi connectivity index (χ2n) is 4.04. The third-order valence-electron chi connectivity index (χ3n) is 2.58. The summed E-state index contributed by atoms with van der Waals surface area (Å²) in [5, 5.41) is 0.623. The van der Waals surface area contributed by atoms with Crippen LogP contribution in [0.5, 0.6) is 0 Å². The number of amides is 1. The van der Waals surface area contributed by atoms with Crippen LogP contribution in [0.1, 0.15) is 15.9 Å². The van der Waals surface area contributed by atoms with Gasteiger partial charge >= 0.3 is 0 Å². The first kappa shape index (κ1) is 13.8. The lowest BCUT2D eigenvalue weighted by molar-refractivity contribution is 0.1000. The van der Waals surface area contributed by atoms with Gasteiger partial charge in [-0.25, -0.2) is 0 Å². The maximum Gasteiger partial charge on any atom is 0.248 e. The van der Waals surface area contributed by atoms with Gasteiger partial charge in [-0.2, -0.15) is 0 Å². The van der Waals surface area contributed by atoms with E-state index in [1.54, 1.807) is 36.0 Å². The molecule has 2 rings (SSSR count). The molecule has 0 radical (unpaired) electrons. The fourth-order valence-corrected chi connectivity index (χ4v) is 2.70. The summed E-state index contributed by atoms with van der Waals surface area (Å²) in [4.78, 5) is 12.1. The zero-order chi connectivity index (χ0) is 13.8. The molecule has 0 aliphatic heterocycles. The van der Waals surface area contributed by atoms with E-state index in [1.165, 1.54) is 0 Å². The van der Waals surface area contributed by atoms with Crippen LogP contribution < -0.4 is 11.5 Å². The van der Waals surface area contributed by atoms with E-state index >= 15 is 0 Å². The number of carbonyl (C=O) groups excluding carboxylic acids is 1. The van der Waals surface area contributed by atoms with Crippen molar-refractivity contribution in [3.8, 4) is 0 Å². The number of halogens is 1. The fraction of sp³-hybridized carbons (Fsp3) is 0.0714. The smallest absolute Gasteiger partial charge is 0.248 e. The summed E-state index contributed by atoms with van der Waals surface area (Å²) in [6, 6.07) is 12.7. The Labute approximate surface area is 120 Å². The molecule has 0 unspecified atom stereocenters. The Balaban J connectivity index is 2.10. The molecule has 0 spiro atoms. The Morgan fingerprint density at radius 2 is 2.00 bits per heavy atom. The van der Waals surface area contributed by atoms with Crippen molar-refractivity contribution in [2.45, 2.75) is 10.6 Å². The van der Waals surface area contributed by atoms with Gasteiger partial charge in [0.25, 0.3) is 0 Å². The number of thioether (sulfide) groups is 1. The van der Waals surface area contributed by atoms with Crippen LogP contribution in [0.15, 0.2) is 47.4 Å². The molecular weight excluding hydrogens is 280 g/mol. The second-order valence-corrected chi connectivity index (χ2v) is 5.49. The number of rotatable bonds is 4. The lowest BCUT2D eigenvalue weighted by atomic mass is 10.1. The van der Waals surface area contributed by atoms with Crippen LogP contribution in [0.2, 0.25) is 5.02 Å². The van der Waals surface area contributed by atoms with Crippen LogP contribution >= 0.6 is 23.4 Å². The summed E-state index contributed by atoms with van der Waals surface area (Å²) >= 11 is 7.44. The molecule has 98 valence electrons. The number of anilines is 1. The first-order valence-corrected chi connectivity index (χ1v) is 6.99. The van der Waals surface area contributed by atoms with Crippen LogP contribution in [0, 0.1) is 0 Å². The van der Waals surface area contributed by atoms with E-state index in [9.17, 15) is 4.79 Å². The zero-order valence-electron chi connectivity index (χ0n) is 10.1. The molecule has 4 N–H and O–H groups in total. The van der Waals surface area contributed by atoms with Crippen molar-refractivity contribution in [2.24, 2.45) is 5.73 Å². The lowest BCUT2D eigenvalue weighted by Gasteiger charge is -2.06. The van der Waals surface area contributed by atoms with Crippen LogP contribution in [-0.2, 0) is 5.75 Å². The minimum Gasteiger partial charge on any atom is -0.398 e. The van der Waals surface area contributed by atoms with E-state index in [1.807, 2.05) is 18.2 Å². The summed E-state index contributed by atoms with van der Waals surface area (Å²) in [5.74, 6) is 0.297. The maximum atomic E-state index is 11.1. The third-order valence-corrected chi connectivity index (χ3v) is 3.97. The van der Waals surface area contributed by atoms with E-state index in [2.05, 4.69) is 0 Å². The van der Waals surface area contributed by atoms with Crippen molar-refractivity contribution in [3.63, 3.8) is 0 Å². The molecule has 0 fully saturated rings. The highest BCUT2D eigenvalue weighted by Gasteiger charge is 2.04. The van der Waals surface area contributed by atoms with E-state index in [-0.39, 0.29) is 0 Å². The molecule has 1 amide bonds. The van der Waals surface area contributed by atoms with Crippen molar-refractivity contribution >= 4 is 35.0 Å². The number of carbonyl (C=O) groups is 1. The van der Waals surface area contributed by atoms with E-state index in [0.29, 0.717) is 22.0 Å². The predicted molar refractivity (Wildman–Crippen MR) is 80.4 cm³/mol. The van der Waals surface area contributed by atoms with Crippen LogP contribution in [0.25, 0.3) is 0 Å². The van der Waals surface area contributed by atoms with Crippen molar-refractivity contribution in [3.05, 3.63) is 58.6 Å². The average Bonchev–Trinajstić information content (AvgIpc) is 2.38. The predicted octanol–water partition coefficient (Wildman–Crippen LogP) is 3.31. The van der Waals surface area contributed by atoms with Gasteiger partial charge in [-0.1, -0.05) is 23.7 Å². The van der Waals surface area contributed by atoms with Gasteiger partial charge in [-0.05, 0) is 35.9 Å². The molecular formula is C14H13ClN2OS. The molecule has 2 aromatic carbocycles. The minimum atomic E-state index is -0.419. The molecule has 0 saturated carbocycles. The van der Waals surface area contributed by atoms with Gasteiger partial charge < -0.3 is 11.5 Å². The Hall–Kier alpha value is -1.65. The summed E-state index contributed by atoms with van der Waals surface area (Å²) in [6.45, 7) is 0. The largest absolute Gasteiger partial charge is 0.398 e. The normalized spacial score (nSPS) is 10.4. The highest BCUT2D eigenvalue weighted by atomic mass is 35.5. The van der Waals surface area contributed by atoms with Gasteiger partial charge in [-0.3, -0.25) is 4.79 Å². The topological polar surface area (TPSA) is 69.1 Å². The number of hydrogen-bond acceptors (Lipinski definition) is 3. The SMILES string of the molecule is NC(=O)c1cccc(CSc2ccc(Cl)cc2N)c1. The molecule has 0 atom stereocenters. The second kappa shape index (κ2) is 5.99. The van der Waals surface area contributed by atoms with Crippen molar-refractivity contribution in [1.29, 1.82) is 0 Å². The van der Waals surface area contributed by atoms with Crippen LogP contribution in [0.4, 0.5) is 5.69 Å². The van der Waals surface area contributed by atoms with Crippen molar-refractivity contribution in [1.82, 2.24) is 0 Å². The average molecular weight is 293 g/mol. The Bertz CT molecular complexity index is 616. The van der Waals surface area contributed by atoms with Gasteiger partial charge in [0.1, 0.15) is 0 Å². The first-order chi connectivity index (χ1) is 9.06. The molecule has 0 aromatic heterocycles. The zero-order valence-corrected chi connectivity index (χ0v) is 11.7. The summed E-state index contributed by atoms with van der Waals surface area (Å²) in [5.41, 5.74) is 13.3. The van der Waals surface area contributed by atoms with Crippen molar-refractivity contribution in [2.75, 3.05) is 5.73 Å². The van der Waals surface area contributed by atoms with Gasteiger partial charge in [0.2, 0.25) is 5.91 Å². The summed E-state index contributed by atoms with van der Waals surface area (Å²) < 4.78 is 0. The molecule has 3 nitrogen and oxygen atoms in total. The molecule has 2 aromatic rings. The van der Waals surface area contributed by atoms with Gasteiger partial charge in [0.15, 0.2) is 0 Å². The highest BCUT2D eigenvalue weighted by Crippen LogP contribution is 2.30. The molecule has 0 aliphatic carbocycles. The van der Waals surface area contributed by atoms with Crippen LogP contribution in [0.3, 0.4) is 0 Å². The Morgan fingerprint density at radius 3 is 2.68 bits per heavy atom. The monoisotopic (exact) mass is 292 g/mol. The number of nitrogen functional groups attached to an aromatic ring is 1. The van der Waals surface area contributed by atoms with Crippen molar-refractivity contribution < 1.29 is 4.79 Å². The lowest BCUT2D eigenvalue weighted by Crippen LogP contribution is -2.10. The third kappa shape index (κ3) is 3.66. The standard InChI is InChI=1S/C14H13ClN2OS/c15-11-4-5-13(12(16)7-11)19-8-9-2-1-3-10(6-9)14(17)18/h1-7H,8,16H2,(H2,17,18). The molecule has 0 heterocycles. The van der Waals surface area contributed by atoms with E-state index in [4.69, 9.17) is 23.1 Å². The summed E-state index contributed by atoms with van der Waals surface area (Å²) in [7, 11) is 0. The molecule has 0 bridgehead atoms. The number of nitrogens with two attached hydrogens (primary N) is 2. The molecule has 0 aliphatic rings. The van der Waals surface area contributed by atoms with E-state index in [0.717, 1.165) is 10.5 Å². The quantitative estimate of drug-likeness (QED) is 0.671. The molecule has 0 saturated heterocycles. The molecule has 5 heteroatoms. The highest BCUT2D eigenvalue weighted by molar-refractivity contribution is 7.98. The number of primary amides is 1. The first-order valence-electron chi connectivity index (χ1n) is 5.63. The molecule has 19 heavy (non-hydrogen) atoms. The summed E-state index contributed by atoms with van der Waals surface area (Å²) in [6.07, 6.45) is 0. The number of hydrogen-bond donors (Lipinski definition) is 2. The van der Waals surface area contributed by atoms with Crippen LogP contribution in [-0.4, -0.2) is 5.91 Å².